The first-order valence-electron chi connectivity index (χ1n) is 5.88. The van der Waals surface area contributed by atoms with Crippen LogP contribution in [0.5, 0.6) is 5.75 Å². The van der Waals surface area contributed by atoms with Gasteiger partial charge in [0.15, 0.2) is 5.75 Å². The fourth-order valence-electron chi connectivity index (χ4n) is 1.96. The molecule has 2 rings (SSSR count). The zero-order valence-corrected chi connectivity index (χ0v) is 12.3. The predicted octanol–water partition coefficient (Wildman–Crippen LogP) is 2.86. The Hall–Kier alpha value is -1.40. The fraction of sp³-hybridized carbons (Fsp3) is 0.308. The number of ether oxygens (including phenoxy) is 1. The van der Waals surface area contributed by atoms with Crippen LogP contribution < -0.4 is 10.5 Å². The van der Waals surface area contributed by atoms with Crippen molar-refractivity contribution in [3.8, 4) is 5.75 Å². The lowest BCUT2D eigenvalue weighted by Gasteiger charge is -2.16. The van der Waals surface area contributed by atoms with E-state index in [0.29, 0.717) is 22.3 Å². The van der Waals surface area contributed by atoms with E-state index in [9.17, 15) is 4.39 Å². The molecule has 1 atom stereocenters. The van der Waals surface area contributed by atoms with Crippen LogP contribution in [-0.4, -0.2) is 16.9 Å². The van der Waals surface area contributed by atoms with Crippen LogP contribution >= 0.6 is 15.9 Å². The topological polar surface area (TPSA) is 53.1 Å². The van der Waals surface area contributed by atoms with Crippen LogP contribution in [0.15, 0.2) is 28.9 Å². The number of hydrogen-bond donors (Lipinski definition) is 1. The van der Waals surface area contributed by atoms with Crippen LogP contribution in [0.2, 0.25) is 0 Å². The molecule has 0 aliphatic carbocycles. The highest BCUT2D eigenvalue weighted by molar-refractivity contribution is 9.10. The Balaban J connectivity index is 2.45. The normalized spacial score (nSPS) is 12.5. The highest BCUT2D eigenvalue weighted by atomic mass is 79.9. The van der Waals surface area contributed by atoms with Crippen LogP contribution in [0.4, 0.5) is 4.39 Å². The van der Waals surface area contributed by atoms with Crippen molar-refractivity contribution in [3.05, 3.63) is 45.9 Å². The Morgan fingerprint density at radius 3 is 2.84 bits per heavy atom. The molecule has 0 bridgehead atoms. The third kappa shape index (κ3) is 2.64. The minimum atomic E-state index is -0.486. The molecule has 2 N–H and O–H groups in total. The van der Waals surface area contributed by atoms with E-state index in [-0.39, 0.29) is 5.82 Å². The Kier molecular flexibility index (Phi) is 4.21. The summed E-state index contributed by atoms with van der Waals surface area (Å²) >= 11 is 3.13. The Morgan fingerprint density at radius 2 is 2.26 bits per heavy atom. The molecule has 0 fully saturated rings. The summed E-state index contributed by atoms with van der Waals surface area (Å²) in [6, 6.07) is 4.36. The molecule has 4 nitrogen and oxygen atoms in total. The van der Waals surface area contributed by atoms with Crippen LogP contribution in [0.1, 0.15) is 24.2 Å². The second-order valence-electron chi connectivity index (χ2n) is 4.07. The van der Waals surface area contributed by atoms with E-state index in [1.54, 1.807) is 30.1 Å². The number of benzene rings is 1. The number of aryl methyl sites for hydroxylation is 1. The van der Waals surface area contributed by atoms with E-state index in [4.69, 9.17) is 10.5 Å². The molecule has 0 amide bonds. The second kappa shape index (κ2) is 5.71. The van der Waals surface area contributed by atoms with Gasteiger partial charge in [0.05, 0.1) is 23.8 Å². The Morgan fingerprint density at radius 1 is 1.53 bits per heavy atom. The van der Waals surface area contributed by atoms with Gasteiger partial charge in [-0.1, -0.05) is 6.07 Å². The highest BCUT2D eigenvalue weighted by Crippen LogP contribution is 2.29. The molecule has 1 aromatic heterocycles. The standard InChI is InChI=1S/C13H15BrFN3O/c1-3-18-13(11(19-2)7-17-18)12(16)8-4-5-9(14)10(15)6-8/h4-7,12H,3,16H2,1-2H3. The molecule has 0 radical (unpaired) electrons. The summed E-state index contributed by atoms with van der Waals surface area (Å²) in [5.74, 6) is 0.271. The van der Waals surface area contributed by atoms with Crippen molar-refractivity contribution in [2.75, 3.05) is 7.11 Å². The van der Waals surface area contributed by atoms with Gasteiger partial charge in [-0.2, -0.15) is 5.10 Å². The summed E-state index contributed by atoms with van der Waals surface area (Å²) in [6.45, 7) is 2.64. The van der Waals surface area contributed by atoms with Crippen LogP contribution in [0.25, 0.3) is 0 Å². The summed E-state index contributed by atoms with van der Waals surface area (Å²) in [5.41, 5.74) is 7.63. The predicted molar refractivity (Wildman–Crippen MR) is 74.6 cm³/mol. The first-order valence-corrected chi connectivity index (χ1v) is 6.68. The average molecular weight is 328 g/mol. The van der Waals surface area contributed by atoms with Gasteiger partial charge in [-0.05, 0) is 40.5 Å². The third-order valence-electron chi connectivity index (χ3n) is 2.96. The first kappa shape index (κ1) is 14.0. The summed E-state index contributed by atoms with van der Waals surface area (Å²) in [7, 11) is 1.56. The number of methoxy groups -OCH3 is 1. The van der Waals surface area contributed by atoms with Gasteiger partial charge in [-0.25, -0.2) is 4.39 Å². The zero-order valence-electron chi connectivity index (χ0n) is 10.7. The summed E-state index contributed by atoms with van der Waals surface area (Å²) < 4.78 is 21.0. The lowest BCUT2D eigenvalue weighted by Crippen LogP contribution is -2.18. The minimum Gasteiger partial charge on any atom is -0.493 e. The molecule has 0 saturated heterocycles. The third-order valence-corrected chi connectivity index (χ3v) is 3.60. The molecule has 1 heterocycles. The summed E-state index contributed by atoms with van der Waals surface area (Å²) in [5, 5.41) is 4.20. The molecule has 102 valence electrons. The van der Waals surface area contributed by atoms with Crippen molar-refractivity contribution in [2.24, 2.45) is 5.73 Å². The van der Waals surface area contributed by atoms with Crippen molar-refractivity contribution in [1.82, 2.24) is 9.78 Å². The molecule has 0 saturated carbocycles. The van der Waals surface area contributed by atoms with Gasteiger partial charge in [-0.3, -0.25) is 4.68 Å². The maximum atomic E-state index is 13.6. The van der Waals surface area contributed by atoms with Gasteiger partial charge in [0.2, 0.25) is 0 Å². The van der Waals surface area contributed by atoms with Crippen LogP contribution in [0, 0.1) is 5.82 Å². The quantitative estimate of drug-likeness (QED) is 0.939. The largest absolute Gasteiger partial charge is 0.493 e. The van der Waals surface area contributed by atoms with Crippen LogP contribution in [-0.2, 0) is 6.54 Å². The van der Waals surface area contributed by atoms with Crippen molar-refractivity contribution in [3.63, 3.8) is 0 Å². The lowest BCUT2D eigenvalue weighted by atomic mass is 10.0. The molecule has 1 aromatic carbocycles. The molecular weight excluding hydrogens is 313 g/mol. The molecule has 6 heteroatoms. The van der Waals surface area contributed by atoms with Gasteiger partial charge < -0.3 is 10.5 Å². The monoisotopic (exact) mass is 327 g/mol. The summed E-state index contributed by atoms with van der Waals surface area (Å²) in [6.07, 6.45) is 1.62. The number of aromatic nitrogens is 2. The highest BCUT2D eigenvalue weighted by Gasteiger charge is 2.20. The van der Waals surface area contributed by atoms with E-state index < -0.39 is 6.04 Å². The smallest absolute Gasteiger partial charge is 0.161 e. The van der Waals surface area contributed by atoms with E-state index >= 15 is 0 Å². The summed E-state index contributed by atoms with van der Waals surface area (Å²) in [4.78, 5) is 0. The van der Waals surface area contributed by atoms with E-state index in [1.807, 2.05) is 6.92 Å². The number of halogens is 2. The molecule has 0 aliphatic rings. The van der Waals surface area contributed by atoms with E-state index in [2.05, 4.69) is 21.0 Å². The van der Waals surface area contributed by atoms with E-state index in [0.717, 1.165) is 5.69 Å². The molecule has 1 unspecified atom stereocenters. The number of nitrogens with zero attached hydrogens (tertiary/aromatic N) is 2. The zero-order chi connectivity index (χ0) is 14.0. The van der Waals surface area contributed by atoms with Crippen molar-refractivity contribution < 1.29 is 9.13 Å². The first-order chi connectivity index (χ1) is 9.08. The average Bonchev–Trinajstić information content (AvgIpc) is 2.83. The van der Waals surface area contributed by atoms with Gasteiger partial charge in [0.1, 0.15) is 11.5 Å². The second-order valence-corrected chi connectivity index (χ2v) is 4.92. The lowest BCUT2D eigenvalue weighted by molar-refractivity contribution is 0.404. The van der Waals surface area contributed by atoms with E-state index in [1.165, 1.54) is 6.07 Å². The Labute approximate surface area is 119 Å². The van der Waals surface area contributed by atoms with Gasteiger partial charge in [0.25, 0.3) is 0 Å². The van der Waals surface area contributed by atoms with Crippen molar-refractivity contribution >= 4 is 15.9 Å². The minimum absolute atomic E-state index is 0.338. The van der Waals surface area contributed by atoms with Gasteiger partial charge in [0, 0.05) is 6.54 Å². The van der Waals surface area contributed by atoms with Gasteiger partial charge in [-0.15, -0.1) is 0 Å². The fourth-order valence-corrected chi connectivity index (χ4v) is 2.21. The van der Waals surface area contributed by atoms with Gasteiger partial charge >= 0.3 is 0 Å². The molecule has 2 aromatic rings. The van der Waals surface area contributed by atoms with Crippen molar-refractivity contribution in [2.45, 2.75) is 19.5 Å². The molecular formula is C13H15BrFN3O. The van der Waals surface area contributed by atoms with Crippen molar-refractivity contribution in [1.29, 1.82) is 0 Å². The maximum absolute atomic E-state index is 13.6. The maximum Gasteiger partial charge on any atom is 0.161 e. The number of hydrogen-bond acceptors (Lipinski definition) is 3. The number of nitrogens with two attached hydrogens (primary N) is 1. The Bertz CT molecular complexity index is 564. The number of rotatable bonds is 4. The molecule has 0 aliphatic heterocycles. The SMILES string of the molecule is CCn1ncc(OC)c1C(N)c1ccc(Br)c(F)c1. The molecule has 19 heavy (non-hydrogen) atoms. The molecule has 0 spiro atoms. The van der Waals surface area contributed by atoms with Crippen LogP contribution in [0.3, 0.4) is 0 Å².